The number of nitrogens with zero attached hydrogens (tertiary/aromatic N) is 2. The van der Waals surface area contributed by atoms with Crippen LogP contribution in [-0.4, -0.2) is 24.1 Å². The maximum absolute atomic E-state index is 12.6. The predicted molar refractivity (Wildman–Crippen MR) is 99.5 cm³/mol. The third-order valence-electron chi connectivity index (χ3n) is 4.32. The Morgan fingerprint density at radius 2 is 1.89 bits per heavy atom. The van der Waals surface area contributed by atoms with Gasteiger partial charge in [0.15, 0.2) is 0 Å². The van der Waals surface area contributed by atoms with E-state index in [1.165, 1.54) is 23.1 Å². The van der Waals surface area contributed by atoms with Crippen LogP contribution in [-0.2, 0) is 21.3 Å². The average molecular weight is 383 g/mol. The first-order valence-electron chi connectivity index (χ1n) is 8.40. The standard InChI is InChI=1S/C19H17N3O4S/c1-13-2-5-15(6-3-13)22-12-17(11-20-22)27(24,25)26-16-7-8-18-14(10-16)4-9-19(23)21-18/h2-3,5-8,10-12H,4,9H2,1H3,(H,21,23). The Morgan fingerprint density at radius 1 is 1.11 bits per heavy atom. The van der Waals surface area contributed by atoms with Gasteiger partial charge in [-0.25, -0.2) is 4.68 Å². The van der Waals surface area contributed by atoms with Crippen molar-refractivity contribution in [1.82, 2.24) is 9.78 Å². The number of hydrogen-bond donors (Lipinski definition) is 1. The Hall–Kier alpha value is -3.13. The highest BCUT2D eigenvalue weighted by Gasteiger charge is 2.21. The van der Waals surface area contributed by atoms with Crippen LogP contribution in [0.5, 0.6) is 5.75 Å². The number of rotatable bonds is 4. The molecule has 8 heteroatoms. The van der Waals surface area contributed by atoms with Crippen molar-refractivity contribution in [3.8, 4) is 11.4 Å². The molecule has 0 fully saturated rings. The number of hydrogen-bond acceptors (Lipinski definition) is 5. The van der Waals surface area contributed by atoms with E-state index in [1.807, 2.05) is 31.2 Å². The van der Waals surface area contributed by atoms with Crippen LogP contribution in [0.15, 0.2) is 59.8 Å². The van der Waals surface area contributed by atoms with Gasteiger partial charge < -0.3 is 9.50 Å². The van der Waals surface area contributed by atoms with E-state index in [4.69, 9.17) is 4.18 Å². The Bertz CT molecular complexity index is 1120. The lowest BCUT2D eigenvalue weighted by molar-refractivity contribution is -0.116. The zero-order valence-electron chi connectivity index (χ0n) is 14.5. The summed E-state index contributed by atoms with van der Waals surface area (Å²) in [5, 5.41) is 6.86. The lowest BCUT2D eigenvalue weighted by Crippen LogP contribution is -2.19. The number of aromatic nitrogens is 2. The molecule has 1 aliphatic heterocycles. The van der Waals surface area contributed by atoms with Crippen molar-refractivity contribution >= 4 is 21.7 Å². The zero-order valence-corrected chi connectivity index (χ0v) is 15.4. The lowest BCUT2D eigenvalue weighted by atomic mass is 10.0. The SMILES string of the molecule is Cc1ccc(-n2cc(S(=O)(=O)Oc3ccc4c(c3)CCC(=O)N4)cn2)cc1. The van der Waals surface area contributed by atoms with Crippen molar-refractivity contribution in [1.29, 1.82) is 0 Å². The number of carbonyl (C=O) groups excluding carboxylic acids is 1. The summed E-state index contributed by atoms with van der Waals surface area (Å²) in [7, 11) is -4.02. The fraction of sp³-hybridized carbons (Fsp3) is 0.158. The molecule has 1 amide bonds. The van der Waals surface area contributed by atoms with E-state index < -0.39 is 10.1 Å². The van der Waals surface area contributed by atoms with Crippen LogP contribution >= 0.6 is 0 Å². The highest BCUT2D eigenvalue weighted by atomic mass is 32.2. The lowest BCUT2D eigenvalue weighted by Gasteiger charge is -2.17. The first kappa shape index (κ1) is 17.3. The molecule has 1 N–H and O–H groups in total. The summed E-state index contributed by atoms with van der Waals surface area (Å²) in [5.74, 6) is 0.153. The number of fused-ring (bicyclic) bond motifs is 1. The summed E-state index contributed by atoms with van der Waals surface area (Å²) in [4.78, 5) is 11.4. The third-order valence-corrected chi connectivity index (χ3v) is 5.52. The molecule has 27 heavy (non-hydrogen) atoms. The second-order valence-electron chi connectivity index (χ2n) is 6.36. The number of carbonyl (C=O) groups is 1. The molecule has 0 saturated heterocycles. The van der Waals surface area contributed by atoms with E-state index in [0.29, 0.717) is 18.5 Å². The van der Waals surface area contributed by atoms with Gasteiger partial charge in [-0.05, 0) is 49.2 Å². The van der Waals surface area contributed by atoms with Gasteiger partial charge in [-0.15, -0.1) is 0 Å². The van der Waals surface area contributed by atoms with Crippen LogP contribution in [0.3, 0.4) is 0 Å². The minimum absolute atomic E-state index is 0.0332. The molecular formula is C19H17N3O4S. The smallest absolute Gasteiger partial charge is 0.342 e. The first-order chi connectivity index (χ1) is 12.9. The van der Waals surface area contributed by atoms with Crippen molar-refractivity contribution in [2.75, 3.05) is 5.32 Å². The second-order valence-corrected chi connectivity index (χ2v) is 7.91. The highest BCUT2D eigenvalue weighted by Crippen LogP contribution is 2.28. The van der Waals surface area contributed by atoms with Crippen molar-refractivity contribution in [3.63, 3.8) is 0 Å². The largest absolute Gasteiger partial charge is 0.379 e. The quantitative estimate of drug-likeness (QED) is 0.700. The third kappa shape index (κ3) is 3.56. The maximum Gasteiger partial charge on any atom is 0.342 e. The van der Waals surface area contributed by atoms with E-state index in [0.717, 1.165) is 16.8 Å². The molecule has 7 nitrogen and oxygen atoms in total. The van der Waals surface area contributed by atoms with E-state index in [2.05, 4.69) is 10.4 Å². The molecule has 0 atom stereocenters. The molecule has 0 aliphatic carbocycles. The molecule has 2 aromatic carbocycles. The summed E-state index contributed by atoms with van der Waals surface area (Å²) < 4.78 is 31.9. The van der Waals surface area contributed by atoms with Crippen LogP contribution < -0.4 is 9.50 Å². The number of anilines is 1. The van der Waals surface area contributed by atoms with E-state index in [-0.39, 0.29) is 16.6 Å². The van der Waals surface area contributed by atoms with Crippen LogP contribution in [0.2, 0.25) is 0 Å². The van der Waals surface area contributed by atoms with Gasteiger partial charge in [0.1, 0.15) is 10.6 Å². The average Bonchev–Trinajstić information content (AvgIpc) is 3.13. The first-order valence-corrected chi connectivity index (χ1v) is 9.80. The monoisotopic (exact) mass is 383 g/mol. The van der Waals surface area contributed by atoms with E-state index in [1.54, 1.807) is 12.1 Å². The van der Waals surface area contributed by atoms with Crippen molar-refractivity contribution < 1.29 is 17.4 Å². The molecule has 3 aromatic rings. The minimum Gasteiger partial charge on any atom is -0.379 e. The van der Waals surface area contributed by atoms with Crippen LogP contribution in [0, 0.1) is 6.92 Å². The van der Waals surface area contributed by atoms with Crippen molar-refractivity contribution in [2.45, 2.75) is 24.7 Å². The van der Waals surface area contributed by atoms with E-state index >= 15 is 0 Å². The molecular weight excluding hydrogens is 366 g/mol. The number of amides is 1. The van der Waals surface area contributed by atoms with Gasteiger partial charge in [-0.1, -0.05) is 17.7 Å². The molecule has 0 bridgehead atoms. The Morgan fingerprint density at radius 3 is 2.67 bits per heavy atom. The Balaban J connectivity index is 1.57. The summed E-state index contributed by atoms with van der Waals surface area (Å²) in [6.45, 7) is 1.97. The summed E-state index contributed by atoms with van der Waals surface area (Å²) >= 11 is 0. The fourth-order valence-corrected chi connectivity index (χ4v) is 3.72. The fourth-order valence-electron chi connectivity index (χ4n) is 2.86. The van der Waals surface area contributed by atoms with Gasteiger partial charge in [0.2, 0.25) is 5.91 Å². The minimum atomic E-state index is -4.02. The van der Waals surface area contributed by atoms with Gasteiger partial charge in [0, 0.05) is 12.1 Å². The van der Waals surface area contributed by atoms with Gasteiger partial charge in [-0.3, -0.25) is 4.79 Å². The van der Waals surface area contributed by atoms with Gasteiger partial charge in [-0.2, -0.15) is 13.5 Å². The molecule has 138 valence electrons. The molecule has 0 saturated carbocycles. The van der Waals surface area contributed by atoms with Gasteiger partial charge in [0.25, 0.3) is 0 Å². The maximum atomic E-state index is 12.6. The normalized spacial score (nSPS) is 13.7. The second kappa shape index (κ2) is 6.55. The molecule has 1 aliphatic rings. The highest BCUT2D eigenvalue weighted by molar-refractivity contribution is 7.87. The summed E-state index contributed by atoms with van der Waals surface area (Å²) in [5.41, 5.74) is 3.39. The number of nitrogens with one attached hydrogen (secondary N) is 1. The van der Waals surface area contributed by atoms with Gasteiger partial charge in [0.05, 0.1) is 18.1 Å². The summed E-state index contributed by atoms with van der Waals surface area (Å²) in [6.07, 6.45) is 3.59. The Kier molecular flexibility index (Phi) is 4.19. The molecule has 0 unspecified atom stereocenters. The van der Waals surface area contributed by atoms with Crippen LogP contribution in [0.1, 0.15) is 17.5 Å². The number of benzene rings is 2. The number of aryl methyl sites for hydroxylation is 2. The van der Waals surface area contributed by atoms with Crippen LogP contribution in [0.4, 0.5) is 5.69 Å². The molecule has 2 heterocycles. The van der Waals surface area contributed by atoms with Crippen molar-refractivity contribution in [3.05, 3.63) is 66.0 Å². The Labute approximate surface area is 156 Å². The molecule has 4 rings (SSSR count). The van der Waals surface area contributed by atoms with Crippen molar-refractivity contribution in [2.24, 2.45) is 0 Å². The molecule has 0 spiro atoms. The predicted octanol–water partition coefficient (Wildman–Crippen LogP) is 2.83. The van der Waals surface area contributed by atoms with Gasteiger partial charge >= 0.3 is 10.1 Å². The molecule has 0 radical (unpaired) electrons. The van der Waals surface area contributed by atoms with E-state index in [9.17, 15) is 13.2 Å². The summed E-state index contributed by atoms with van der Waals surface area (Å²) in [6, 6.07) is 12.4. The topological polar surface area (TPSA) is 90.3 Å². The molecule has 1 aromatic heterocycles. The zero-order chi connectivity index (χ0) is 19.0. The van der Waals surface area contributed by atoms with Crippen LogP contribution in [0.25, 0.3) is 5.69 Å².